The summed E-state index contributed by atoms with van der Waals surface area (Å²) in [6.45, 7) is 2.42. The third kappa shape index (κ3) is 6.12. The number of carboxylic acids is 1. The van der Waals surface area contributed by atoms with E-state index in [4.69, 9.17) is 16.7 Å². The normalized spacial score (nSPS) is 12.0. The molecule has 1 unspecified atom stereocenters. The Hall–Kier alpha value is -1.62. The van der Waals surface area contributed by atoms with Crippen molar-refractivity contribution < 1.29 is 19.1 Å². The van der Waals surface area contributed by atoms with Gasteiger partial charge in [-0.25, -0.2) is 4.39 Å². The quantitative estimate of drug-likeness (QED) is 0.771. The van der Waals surface area contributed by atoms with Gasteiger partial charge < -0.3 is 10.4 Å². The number of carbonyl (C=O) groups excluding carboxylic acids is 1. The molecule has 6 heteroatoms. The number of halogens is 2. The third-order valence-electron chi connectivity index (χ3n) is 3.36. The molecule has 1 amide bonds. The van der Waals surface area contributed by atoms with Crippen LogP contribution in [0.5, 0.6) is 0 Å². The highest BCUT2D eigenvalue weighted by molar-refractivity contribution is 6.30. The Balaban J connectivity index is 2.41. The van der Waals surface area contributed by atoms with Crippen molar-refractivity contribution in [1.82, 2.24) is 5.32 Å². The number of amides is 1. The average molecular weight is 316 g/mol. The summed E-state index contributed by atoms with van der Waals surface area (Å²) in [4.78, 5) is 22.4. The molecular formula is C15H19ClFNO3. The van der Waals surface area contributed by atoms with Gasteiger partial charge in [-0.3, -0.25) is 9.59 Å². The Kier molecular flexibility index (Phi) is 7.15. The second-order valence-corrected chi connectivity index (χ2v) is 5.29. The maximum atomic E-state index is 13.3. The first-order valence-electron chi connectivity index (χ1n) is 6.89. The highest BCUT2D eigenvalue weighted by Crippen LogP contribution is 2.16. The molecule has 1 aromatic rings. The molecule has 1 rings (SSSR count). The zero-order valence-electron chi connectivity index (χ0n) is 11.9. The molecule has 4 nitrogen and oxygen atoms in total. The van der Waals surface area contributed by atoms with Crippen LogP contribution >= 0.6 is 11.6 Å². The van der Waals surface area contributed by atoms with Gasteiger partial charge in [-0.1, -0.05) is 24.9 Å². The van der Waals surface area contributed by atoms with Crippen molar-refractivity contribution in [2.75, 3.05) is 6.54 Å². The fourth-order valence-electron chi connectivity index (χ4n) is 2.01. The van der Waals surface area contributed by atoms with Gasteiger partial charge in [-0.15, -0.1) is 0 Å². The molecule has 0 saturated heterocycles. The lowest BCUT2D eigenvalue weighted by Gasteiger charge is -2.14. The largest absolute Gasteiger partial charge is 0.481 e. The molecule has 0 bridgehead atoms. The highest BCUT2D eigenvalue weighted by atomic mass is 35.5. The maximum absolute atomic E-state index is 13.3. The van der Waals surface area contributed by atoms with Crippen LogP contribution in [-0.2, 0) is 4.79 Å². The van der Waals surface area contributed by atoms with Crippen LogP contribution in [0.25, 0.3) is 0 Å². The highest BCUT2D eigenvalue weighted by Gasteiger charge is 2.11. The summed E-state index contributed by atoms with van der Waals surface area (Å²) in [7, 11) is 0. The Labute approximate surface area is 128 Å². The first-order chi connectivity index (χ1) is 9.93. The van der Waals surface area contributed by atoms with E-state index in [2.05, 4.69) is 5.32 Å². The van der Waals surface area contributed by atoms with Crippen molar-refractivity contribution in [1.29, 1.82) is 0 Å². The standard InChI is InChI=1S/C15H19ClFNO3/c1-2-10(3-6-14(19)20)7-8-18-15(21)11-4-5-12(16)13(17)9-11/h4-5,9-10H,2-3,6-8H2,1H3,(H,18,21)(H,19,20). The Morgan fingerprint density at radius 2 is 2.10 bits per heavy atom. The second kappa shape index (κ2) is 8.62. The van der Waals surface area contributed by atoms with Gasteiger partial charge in [0.15, 0.2) is 0 Å². The zero-order valence-corrected chi connectivity index (χ0v) is 12.6. The summed E-state index contributed by atoms with van der Waals surface area (Å²) >= 11 is 5.56. The van der Waals surface area contributed by atoms with Crippen LogP contribution < -0.4 is 5.32 Å². The molecule has 0 aromatic heterocycles. The van der Waals surface area contributed by atoms with E-state index in [1.165, 1.54) is 12.1 Å². The number of carbonyl (C=O) groups is 2. The van der Waals surface area contributed by atoms with Crippen molar-refractivity contribution in [2.24, 2.45) is 5.92 Å². The van der Waals surface area contributed by atoms with Crippen LogP contribution in [-0.4, -0.2) is 23.5 Å². The molecule has 0 heterocycles. The monoisotopic (exact) mass is 315 g/mol. The molecule has 2 N–H and O–H groups in total. The summed E-state index contributed by atoms with van der Waals surface area (Å²) in [5, 5.41) is 11.3. The van der Waals surface area contributed by atoms with Gasteiger partial charge in [0.05, 0.1) is 5.02 Å². The van der Waals surface area contributed by atoms with Crippen LogP contribution in [0.1, 0.15) is 43.0 Å². The molecule has 21 heavy (non-hydrogen) atoms. The van der Waals surface area contributed by atoms with E-state index in [0.29, 0.717) is 19.4 Å². The van der Waals surface area contributed by atoms with Crippen molar-refractivity contribution in [3.05, 3.63) is 34.6 Å². The van der Waals surface area contributed by atoms with Gasteiger partial charge in [0.25, 0.3) is 5.91 Å². The molecule has 0 aliphatic heterocycles. The van der Waals surface area contributed by atoms with E-state index in [9.17, 15) is 14.0 Å². The lowest BCUT2D eigenvalue weighted by Crippen LogP contribution is -2.26. The summed E-state index contributed by atoms with van der Waals surface area (Å²) < 4.78 is 13.3. The Bertz CT molecular complexity index is 508. The van der Waals surface area contributed by atoms with Crippen molar-refractivity contribution in [3.8, 4) is 0 Å². The molecule has 116 valence electrons. The fraction of sp³-hybridized carbons (Fsp3) is 0.467. The zero-order chi connectivity index (χ0) is 15.8. The summed E-state index contributed by atoms with van der Waals surface area (Å²) in [5.74, 6) is -1.55. The molecule has 0 radical (unpaired) electrons. The van der Waals surface area contributed by atoms with E-state index in [1.54, 1.807) is 0 Å². The van der Waals surface area contributed by atoms with Gasteiger partial charge in [0, 0.05) is 18.5 Å². The first kappa shape index (κ1) is 17.4. The molecule has 0 aliphatic rings. The van der Waals surface area contributed by atoms with Crippen molar-refractivity contribution in [3.63, 3.8) is 0 Å². The number of carboxylic acid groups (broad SMARTS) is 1. The van der Waals surface area contributed by atoms with Crippen LogP contribution in [0.2, 0.25) is 5.02 Å². The minimum atomic E-state index is -0.811. The SMILES string of the molecule is CCC(CCNC(=O)c1ccc(Cl)c(F)c1)CCC(=O)O. The lowest BCUT2D eigenvalue weighted by molar-refractivity contribution is -0.137. The molecule has 1 atom stereocenters. The predicted molar refractivity (Wildman–Crippen MR) is 79.0 cm³/mol. The van der Waals surface area contributed by atoms with Crippen LogP contribution in [0.15, 0.2) is 18.2 Å². The molecule has 0 fully saturated rings. The second-order valence-electron chi connectivity index (χ2n) is 4.88. The summed E-state index contributed by atoms with van der Waals surface area (Å²) in [5.41, 5.74) is 0.218. The number of benzene rings is 1. The van der Waals surface area contributed by atoms with Gasteiger partial charge in [-0.2, -0.15) is 0 Å². The van der Waals surface area contributed by atoms with Crippen LogP contribution in [0.3, 0.4) is 0 Å². The molecule has 0 aliphatic carbocycles. The number of hydrogen-bond acceptors (Lipinski definition) is 2. The third-order valence-corrected chi connectivity index (χ3v) is 3.67. The molecule has 0 spiro atoms. The van der Waals surface area contributed by atoms with E-state index in [1.807, 2.05) is 6.92 Å². The first-order valence-corrected chi connectivity index (χ1v) is 7.26. The van der Waals surface area contributed by atoms with Crippen molar-refractivity contribution >= 4 is 23.5 Å². The van der Waals surface area contributed by atoms with Gasteiger partial charge in [0.1, 0.15) is 5.82 Å². The van der Waals surface area contributed by atoms with E-state index >= 15 is 0 Å². The Morgan fingerprint density at radius 1 is 1.38 bits per heavy atom. The average Bonchev–Trinajstić information content (AvgIpc) is 2.45. The van der Waals surface area contributed by atoms with Gasteiger partial charge >= 0.3 is 5.97 Å². The molecular weight excluding hydrogens is 297 g/mol. The van der Waals surface area contributed by atoms with Crippen LogP contribution in [0, 0.1) is 11.7 Å². The topological polar surface area (TPSA) is 66.4 Å². The lowest BCUT2D eigenvalue weighted by atomic mass is 9.96. The summed E-state index contributed by atoms with van der Waals surface area (Å²) in [6, 6.07) is 3.90. The molecule has 0 saturated carbocycles. The van der Waals surface area contributed by atoms with Crippen molar-refractivity contribution in [2.45, 2.75) is 32.6 Å². The number of hydrogen-bond donors (Lipinski definition) is 2. The molecule has 1 aromatic carbocycles. The number of nitrogens with one attached hydrogen (secondary N) is 1. The fourth-order valence-corrected chi connectivity index (χ4v) is 2.13. The maximum Gasteiger partial charge on any atom is 0.303 e. The minimum absolute atomic E-state index is 0.0220. The Morgan fingerprint density at radius 3 is 2.67 bits per heavy atom. The van der Waals surface area contributed by atoms with E-state index in [0.717, 1.165) is 12.5 Å². The van der Waals surface area contributed by atoms with Gasteiger partial charge in [0.2, 0.25) is 0 Å². The smallest absolute Gasteiger partial charge is 0.303 e. The van der Waals surface area contributed by atoms with Gasteiger partial charge in [-0.05, 0) is 37.0 Å². The van der Waals surface area contributed by atoms with Crippen LogP contribution in [0.4, 0.5) is 4.39 Å². The summed E-state index contributed by atoms with van der Waals surface area (Å²) in [6.07, 6.45) is 2.29. The van der Waals surface area contributed by atoms with E-state index < -0.39 is 11.8 Å². The number of aliphatic carboxylic acids is 1. The number of rotatable bonds is 8. The predicted octanol–water partition coefficient (Wildman–Crippen LogP) is 3.49. The minimum Gasteiger partial charge on any atom is -0.481 e. The van der Waals surface area contributed by atoms with E-state index in [-0.39, 0.29) is 28.8 Å².